The topological polar surface area (TPSA) is 97.1 Å². The minimum Gasteiger partial charge on any atom is -0.360 e. The summed E-state index contributed by atoms with van der Waals surface area (Å²) in [5.74, 6) is 0.139. The van der Waals surface area contributed by atoms with Crippen LogP contribution in [-0.4, -0.2) is 22.0 Å². The molecular formula is C19H18N4O3. The minimum absolute atomic E-state index is 0.252. The number of nitrogens with zero attached hydrogens (tertiary/aromatic N) is 2. The fraction of sp³-hybridized carbons (Fsp3) is 0.158. The molecule has 3 rings (SSSR count). The third kappa shape index (κ3) is 3.94. The molecule has 132 valence electrons. The maximum atomic E-state index is 12.5. The third-order valence-corrected chi connectivity index (χ3v) is 3.78. The van der Waals surface area contributed by atoms with E-state index < -0.39 is 5.91 Å². The predicted octanol–water partition coefficient (Wildman–Crippen LogP) is 3.45. The maximum absolute atomic E-state index is 12.5. The summed E-state index contributed by atoms with van der Waals surface area (Å²) in [5, 5.41) is 9.16. The van der Waals surface area contributed by atoms with Crippen molar-refractivity contribution in [3.63, 3.8) is 0 Å². The molecule has 0 aliphatic rings. The van der Waals surface area contributed by atoms with E-state index >= 15 is 0 Å². The van der Waals surface area contributed by atoms with Gasteiger partial charge in [-0.25, -0.2) is 0 Å². The van der Waals surface area contributed by atoms with E-state index in [1.54, 1.807) is 13.0 Å². The van der Waals surface area contributed by atoms with Crippen molar-refractivity contribution in [1.82, 2.24) is 10.1 Å². The number of pyridine rings is 1. The van der Waals surface area contributed by atoms with E-state index in [0.29, 0.717) is 17.1 Å². The number of hydrogen-bond donors (Lipinski definition) is 2. The van der Waals surface area contributed by atoms with Crippen LogP contribution in [0.3, 0.4) is 0 Å². The molecule has 0 atom stereocenters. The number of nitrogens with one attached hydrogen (secondary N) is 2. The molecule has 2 amide bonds. The van der Waals surface area contributed by atoms with Gasteiger partial charge in [-0.05, 0) is 31.0 Å². The number of rotatable bonds is 5. The average Bonchev–Trinajstić information content (AvgIpc) is 3.07. The summed E-state index contributed by atoms with van der Waals surface area (Å²) in [6, 6.07) is 10.7. The highest BCUT2D eigenvalue weighted by molar-refractivity contribution is 6.08. The summed E-state index contributed by atoms with van der Waals surface area (Å²) in [4.78, 5) is 28.8. The molecule has 2 aromatic heterocycles. The van der Waals surface area contributed by atoms with Crippen LogP contribution in [0.1, 0.15) is 39.0 Å². The maximum Gasteiger partial charge on any atom is 0.258 e. The van der Waals surface area contributed by atoms with Crippen molar-refractivity contribution in [2.24, 2.45) is 0 Å². The number of carbonyl (C=O) groups is 2. The molecule has 0 saturated carbocycles. The van der Waals surface area contributed by atoms with Gasteiger partial charge < -0.3 is 15.2 Å². The Morgan fingerprint density at radius 3 is 2.38 bits per heavy atom. The number of benzene rings is 1. The van der Waals surface area contributed by atoms with Crippen LogP contribution in [0.5, 0.6) is 0 Å². The first kappa shape index (κ1) is 17.3. The first-order chi connectivity index (χ1) is 12.6. The lowest BCUT2D eigenvalue weighted by Gasteiger charge is -2.10. The second-order valence-corrected chi connectivity index (χ2v) is 5.70. The van der Waals surface area contributed by atoms with Crippen molar-refractivity contribution in [3.8, 4) is 0 Å². The zero-order valence-electron chi connectivity index (χ0n) is 14.4. The summed E-state index contributed by atoms with van der Waals surface area (Å²) in [6.45, 7) is 3.74. The van der Waals surface area contributed by atoms with Gasteiger partial charge >= 0.3 is 0 Å². The fourth-order valence-corrected chi connectivity index (χ4v) is 2.45. The van der Waals surface area contributed by atoms with E-state index in [-0.39, 0.29) is 11.5 Å². The molecule has 0 saturated heterocycles. The van der Waals surface area contributed by atoms with Gasteiger partial charge in [0.05, 0.1) is 11.1 Å². The largest absolute Gasteiger partial charge is 0.360 e. The molecule has 3 aromatic rings. The fourth-order valence-electron chi connectivity index (χ4n) is 2.45. The van der Waals surface area contributed by atoms with Crippen LogP contribution in [0.25, 0.3) is 0 Å². The molecule has 26 heavy (non-hydrogen) atoms. The number of aromatic nitrogens is 2. The molecule has 7 nitrogen and oxygen atoms in total. The second-order valence-electron chi connectivity index (χ2n) is 5.70. The Morgan fingerprint density at radius 2 is 1.73 bits per heavy atom. The molecule has 2 N–H and O–H groups in total. The molecule has 7 heteroatoms. The Hall–Kier alpha value is -3.48. The van der Waals surface area contributed by atoms with Gasteiger partial charge in [0.1, 0.15) is 5.76 Å². The van der Waals surface area contributed by atoms with Crippen molar-refractivity contribution in [2.45, 2.75) is 20.3 Å². The Bertz CT molecular complexity index is 949. The highest BCUT2D eigenvalue weighted by Gasteiger charge is 2.14. The van der Waals surface area contributed by atoms with Crippen molar-refractivity contribution < 1.29 is 14.1 Å². The molecule has 0 aliphatic heterocycles. The van der Waals surface area contributed by atoms with E-state index in [2.05, 4.69) is 20.8 Å². The number of amides is 2. The van der Waals surface area contributed by atoms with Gasteiger partial charge in [-0.2, -0.15) is 0 Å². The first-order valence-electron chi connectivity index (χ1n) is 8.16. The molecular weight excluding hydrogens is 332 g/mol. The van der Waals surface area contributed by atoms with Gasteiger partial charge in [0.15, 0.2) is 5.82 Å². The average molecular weight is 350 g/mol. The highest BCUT2D eigenvalue weighted by atomic mass is 16.5. The number of anilines is 2. The summed E-state index contributed by atoms with van der Waals surface area (Å²) >= 11 is 0. The number of para-hydroxylation sites is 1. The van der Waals surface area contributed by atoms with Crippen LogP contribution in [-0.2, 0) is 6.42 Å². The van der Waals surface area contributed by atoms with Gasteiger partial charge in [-0.3, -0.25) is 14.6 Å². The van der Waals surface area contributed by atoms with E-state index in [0.717, 1.165) is 17.7 Å². The zero-order valence-corrected chi connectivity index (χ0v) is 14.4. The monoisotopic (exact) mass is 350 g/mol. The van der Waals surface area contributed by atoms with E-state index in [9.17, 15) is 9.59 Å². The Morgan fingerprint density at radius 1 is 1.04 bits per heavy atom. The zero-order chi connectivity index (χ0) is 18.5. The van der Waals surface area contributed by atoms with E-state index in [1.807, 2.05) is 31.2 Å². The Balaban J connectivity index is 1.75. The predicted molar refractivity (Wildman–Crippen MR) is 97.2 cm³/mol. The van der Waals surface area contributed by atoms with Gasteiger partial charge in [0, 0.05) is 24.1 Å². The van der Waals surface area contributed by atoms with Crippen molar-refractivity contribution in [1.29, 1.82) is 0 Å². The summed E-state index contributed by atoms with van der Waals surface area (Å²) in [6.07, 6.45) is 3.61. The molecule has 0 radical (unpaired) electrons. The smallest absolute Gasteiger partial charge is 0.258 e. The van der Waals surface area contributed by atoms with Crippen LogP contribution < -0.4 is 10.6 Å². The standard InChI is InChI=1S/C19H18N4O3/c1-3-13-6-4-5-7-16(13)21-18(24)14-9-15(11-20-10-14)19(25)22-17-8-12(2)26-23-17/h4-11H,3H2,1-2H3,(H,21,24)(H,22,23,25). The summed E-state index contributed by atoms with van der Waals surface area (Å²) < 4.78 is 4.91. The number of carbonyl (C=O) groups excluding carboxylic acids is 2. The van der Waals surface area contributed by atoms with Crippen LogP contribution >= 0.6 is 0 Å². The molecule has 0 fully saturated rings. The molecule has 0 spiro atoms. The van der Waals surface area contributed by atoms with E-state index in [1.165, 1.54) is 18.5 Å². The Kier molecular flexibility index (Phi) is 5.07. The number of hydrogen-bond acceptors (Lipinski definition) is 5. The van der Waals surface area contributed by atoms with Crippen LogP contribution in [0.4, 0.5) is 11.5 Å². The Labute approximate surface area is 150 Å². The summed E-state index contributed by atoms with van der Waals surface area (Å²) in [7, 11) is 0. The van der Waals surface area contributed by atoms with Crippen molar-refractivity contribution in [2.75, 3.05) is 10.6 Å². The normalized spacial score (nSPS) is 10.4. The molecule has 0 unspecified atom stereocenters. The van der Waals surface area contributed by atoms with Gasteiger partial charge in [-0.15, -0.1) is 0 Å². The quantitative estimate of drug-likeness (QED) is 0.734. The summed E-state index contributed by atoms with van der Waals surface area (Å²) in [5.41, 5.74) is 2.32. The van der Waals surface area contributed by atoms with Crippen LogP contribution in [0.15, 0.2) is 53.3 Å². The van der Waals surface area contributed by atoms with Crippen molar-refractivity contribution >= 4 is 23.3 Å². The SMILES string of the molecule is CCc1ccccc1NC(=O)c1cncc(C(=O)Nc2cc(C)on2)c1. The third-order valence-electron chi connectivity index (χ3n) is 3.78. The molecule has 2 heterocycles. The van der Waals surface area contributed by atoms with Crippen LogP contribution in [0.2, 0.25) is 0 Å². The molecule has 0 aliphatic carbocycles. The highest BCUT2D eigenvalue weighted by Crippen LogP contribution is 2.17. The molecule has 0 bridgehead atoms. The first-order valence-corrected chi connectivity index (χ1v) is 8.16. The lowest BCUT2D eigenvalue weighted by molar-refractivity contribution is 0.102. The lowest BCUT2D eigenvalue weighted by atomic mass is 10.1. The molecule has 1 aromatic carbocycles. The number of aryl methyl sites for hydroxylation is 2. The van der Waals surface area contributed by atoms with E-state index in [4.69, 9.17) is 4.52 Å². The van der Waals surface area contributed by atoms with Gasteiger partial charge in [-0.1, -0.05) is 30.3 Å². The lowest BCUT2D eigenvalue weighted by Crippen LogP contribution is -2.17. The minimum atomic E-state index is -0.422. The van der Waals surface area contributed by atoms with Crippen molar-refractivity contribution in [3.05, 3.63) is 71.2 Å². The van der Waals surface area contributed by atoms with Gasteiger partial charge in [0.2, 0.25) is 0 Å². The van der Waals surface area contributed by atoms with Gasteiger partial charge in [0.25, 0.3) is 11.8 Å². The van der Waals surface area contributed by atoms with Crippen LogP contribution in [0, 0.1) is 6.92 Å². The second kappa shape index (κ2) is 7.60.